The van der Waals surface area contributed by atoms with E-state index in [2.05, 4.69) is 0 Å². The summed E-state index contributed by atoms with van der Waals surface area (Å²) >= 11 is 0. The molecule has 10 heavy (non-hydrogen) atoms. The van der Waals surface area contributed by atoms with E-state index in [9.17, 15) is 4.21 Å². The van der Waals surface area contributed by atoms with Gasteiger partial charge in [-0.05, 0) is 24.6 Å². The fourth-order valence-corrected chi connectivity index (χ4v) is 1.42. The molecule has 0 radical (unpaired) electrons. The summed E-state index contributed by atoms with van der Waals surface area (Å²) in [5.41, 5.74) is 1.16. The first-order chi connectivity index (χ1) is 4.70. The first-order valence-corrected chi connectivity index (χ1v) is 4.66. The Morgan fingerprint density at radius 1 is 1.40 bits per heavy atom. The molecule has 0 heterocycles. The van der Waals surface area contributed by atoms with Gasteiger partial charge in [0.1, 0.15) is 0 Å². The topological polar surface area (TPSA) is 17.1 Å². The zero-order valence-electron chi connectivity index (χ0n) is 6.13. The lowest BCUT2D eigenvalue weighted by Crippen LogP contribution is -1.86. The van der Waals surface area contributed by atoms with Crippen LogP contribution in [0.2, 0.25) is 0 Å². The normalized spacial score (nSPS) is 13.0. The summed E-state index contributed by atoms with van der Waals surface area (Å²) in [5.74, 6) is 0. The fourth-order valence-electron chi connectivity index (χ4n) is 0.794. The molecule has 0 saturated heterocycles. The van der Waals surface area contributed by atoms with Crippen molar-refractivity contribution in [2.24, 2.45) is 0 Å². The second-order valence-corrected chi connectivity index (χ2v) is 3.65. The number of rotatable bonds is 1. The van der Waals surface area contributed by atoms with Crippen molar-refractivity contribution < 1.29 is 4.21 Å². The molecule has 0 fully saturated rings. The fraction of sp³-hybridized carbons (Fsp3) is 0.250. The van der Waals surface area contributed by atoms with E-state index < -0.39 is 10.8 Å². The molecule has 0 unspecified atom stereocenters. The Hall–Kier alpha value is -0.630. The molecule has 54 valence electrons. The monoisotopic (exact) mass is 154 g/mol. The van der Waals surface area contributed by atoms with E-state index >= 15 is 0 Å². The van der Waals surface area contributed by atoms with Crippen LogP contribution in [-0.2, 0) is 10.8 Å². The van der Waals surface area contributed by atoms with E-state index in [1.807, 2.05) is 31.2 Å². The van der Waals surface area contributed by atoms with E-state index in [4.69, 9.17) is 0 Å². The minimum Gasteiger partial charge on any atom is -0.255 e. The Morgan fingerprint density at radius 3 is 2.50 bits per heavy atom. The maximum Gasteiger partial charge on any atom is 0.0498 e. The third-order valence-electron chi connectivity index (χ3n) is 1.32. The lowest BCUT2D eigenvalue weighted by molar-refractivity contribution is 0.686. The summed E-state index contributed by atoms with van der Waals surface area (Å²) in [5, 5.41) is 0. The third-order valence-corrected chi connectivity index (χ3v) is 2.24. The molecule has 0 spiro atoms. The molecule has 0 bridgehead atoms. The SMILES string of the molecule is Cc1cccc([S@](C)=O)c1. The largest absolute Gasteiger partial charge is 0.255 e. The maximum absolute atomic E-state index is 10.9. The lowest BCUT2D eigenvalue weighted by atomic mass is 10.2. The molecule has 1 rings (SSSR count). The van der Waals surface area contributed by atoms with Gasteiger partial charge in [0.25, 0.3) is 0 Å². The van der Waals surface area contributed by atoms with Crippen molar-refractivity contribution in [2.45, 2.75) is 11.8 Å². The summed E-state index contributed by atoms with van der Waals surface area (Å²) in [6.45, 7) is 2.00. The number of aryl methyl sites for hydroxylation is 1. The minimum absolute atomic E-state index is 0.839. The van der Waals surface area contributed by atoms with Crippen LogP contribution in [0.25, 0.3) is 0 Å². The molecule has 0 aliphatic rings. The van der Waals surface area contributed by atoms with Crippen LogP contribution in [0.15, 0.2) is 29.2 Å². The molecule has 1 atom stereocenters. The third kappa shape index (κ3) is 1.67. The highest BCUT2D eigenvalue weighted by Crippen LogP contribution is 2.06. The summed E-state index contributed by atoms with van der Waals surface area (Å²) < 4.78 is 10.9. The molecule has 1 aromatic carbocycles. The van der Waals surface area contributed by atoms with Gasteiger partial charge >= 0.3 is 0 Å². The summed E-state index contributed by atoms with van der Waals surface area (Å²) in [4.78, 5) is 0.903. The van der Waals surface area contributed by atoms with Crippen LogP contribution in [0.4, 0.5) is 0 Å². The van der Waals surface area contributed by atoms with Gasteiger partial charge in [-0.2, -0.15) is 0 Å². The summed E-state index contributed by atoms with van der Waals surface area (Å²) in [7, 11) is -0.839. The Balaban J connectivity index is 3.07. The first kappa shape index (κ1) is 7.48. The molecule has 0 aromatic heterocycles. The van der Waals surface area contributed by atoms with Gasteiger partial charge < -0.3 is 0 Å². The van der Waals surface area contributed by atoms with Crippen LogP contribution < -0.4 is 0 Å². The number of benzene rings is 1. The van der Waals surface area contributed by atoms with Crippen LogP contribution in [-0.4, -0.2) is 10.5 Å². The van der Waals surface area contributed by atoms with Crippen molar-refractivity contribution >= 4 is 10.8 Å². The summed E-state index contributed by atoms with van der Waals surface area (Å²) in [6, 6.07) is 7.74. The molecule has 1 aromatic rings. The number of hydrogen-bond donors (Lipinski definition) is 0. The highest BCUT2D eigenvalue weighted by molar-refractivity contribution is 7.84. The molecule has 0 amide bonds. The lowest BCUT2D eigenvalue weighted by Gasteiger charge is -1.95. The van der Waals surface area contributed by atoms with Gasteiger partial charge in [0, 0.05) is 22.0 Å². The maximum atomic E-state index is 10.9. The molecule has 0 aliphatic heterocycles. The predicted molar refractivity (Wildman–Crippen MR) is 43.5 cm³/mol. The van der Waals surface area contributed by atoms with Gasteiger partial charge in [0.05, 0.1) is 0 Å². The van der Waals surface area contributed by atoms with E-state index in [1.165, 1.54) is 0 Å². The Labute approximate surface area is 63.5 Å². The van der Waals surface area contributed by atoms with Gasteiger partial charge in [-0.25, -0.2) is 0 Å². The van der Waals surface area contributed by atoms with Crippen LogP contribution in [0.1, 0.15) is 5.56 Å². The molecule has 1 nitrogen and oxygen atoms in total. The van der Waals surface area contributed by atoms with Crippen molar-refractivity contribution in [1.29, 1.82) is 0 Å². The number of hydrogen-bond acceptors (Lipinski definition) is 1. The molecular weight excluding hydrogens is 144 g/mol. The Kier molecular flexibility index (Phi) is 2.22. The summed E-state index contributed by atoms with van der Waals surface area (Å²) in [6.07, 6.45) is 1.69. The van der Waals surface area contributed by atoms with E-state index in [-0.39, 0.29) is 0 Å². The minimum atomic E-state index is -0.839. The van der Waals surface area contributed by atoms with Crippen LogP contribution in [0, 0.1) is 6.92 Å². The zero-order chi connectivity index (χ0) is 7.56. The van der Waals surface area contributed by atoms with E-state index in [0.717, 1.165) is 10.5 Å². The molecule has 0 saturated carbocycles. The Morgan fingerprint density at radius 2 is 2.10 bits per heavy atom. The van der Waals surface area contributed by atoms with Crippen molar-refractivity contribution in [3.8, 4) is 0 Å². The smallest absolute Gasteiger partial charge is 0.0498 e. The molecule has 0 aliphatic carbocycles. The van der Waals surface area contributed by atoms with Crippen molar-refractivity contribution in [3.63, 3.8) is 0 Å². The van der Waals surface area contributed by atoms with Crippen molar-refractivity contribution in [1.82, 2.24) is 0 Å². The molecule has 0 N–H and O–H groups in total. The first-order valence-electron chi connectivity index (χ1n) is 3.10. The van der Waals surface area contributed by atoms with Crippen LogP contribution >= 0.6 is 0 Å². The second kappa shape index (κ2) is 2.97. The average Bonchev–Trinajstić information content (AvgIpc) is 1.88. The van der Waals surface area contributed by atoms with Gasteiger partial charge in [-0.3, -0.25) is 4.21 Å². The molecule has 2 heteroatoms. The van der Waals surface area contributed by atoms with Crippen molar-refractivity contribution in [2.75, 3.05) is 6.26 Å². The quantitative estimate of drug-likeness (QED) is 0.602. The standard InChI is InChI=1S/C8H10OS/c1-7-4-3-5-8(6-7)10(2)9/h3-6H,1-2H3/t10-/m0/s1. The van der Waals surface area contributed by atoms with Crippen molar-refractivity contribution in [3.05, 3.63) is 29.8 Å². The van der Waals surface area contributed by atoms with Crippen LogP contribution in [0.3, 0.4) is 0 Å². The van der Waals surface area contributed by atoms with Gasteiger partial charge in [0.2, 0.25) is 0 Å². The predicted octanol–water partition coefficient (Wildman–Crippen LogP) is 1.73. The highest BCUT2D eigenvalue weighted by atomic mass is 32.2. The Bertz CT molecular complexity index is 255. The van der Waals surface area contributed by atoms with Gasteiger partial charge in [0.15, 0.2) is 0 Å². The van der Waals surface area contributed by atoms with E-state index in [0.29, 0.717) is 0 Å². The zero-order valence-corrected chi connectivity index (χ0v) is 6.94. The second-order valence-electron chi connectivity index (χ2n) is 2.27. The van der Waals surface area contributed by atoms with Gasteiger partial charge in [-0.1, -0.05) is 12.1 Å². The average molecular weight is 154 g/mol. The van der Waals surface area contributed by atoms with Gasteiger partial charge in [-0.15, -0.1) is 0 Å². The molecular formula is C8H10OS. The van der Waals surface area contributed by atoms with E-state index in [1.54, 1.807) is 6.26 Å². The highest BCUT2D eigenvalue weighted by Gasteiger charge is 1.94. The van der Waals surface area contributed by atoms with Crippen LogP contribution in [0.5, 0.6) is 0 Å².